The number of nitrogens with one attached hydrogen (secondary N) is 1. The maximum absolute atomic E-state index is 12.2. The molecular weight excluding hydrogens is 382 g/mol. The number of carbonyl (C=O) groups excluding carboxylic acids is 1. The lowest BCUT2D eigenvalue weighted by Crippen LogP contribution is -2.46. The zero-order valence-corrected chi connectivity index (χ0v) is 18.0. The monoisotopic (exact) mass is 415 g/mol. The van der Waals surface area contributed by atoms with Crippen molar-refractivity contribution >= 4 is 5.91 Å². The molecule has 164 valence electrons. The lowest BCUT2D eigenvalue weighted by Gasteiger charge is -2.38. The Morgan fingerprint density at radius 2 is 2.00 bits per heavy atom. The number of piperidine rings is 1. The predicted molar refractivity (Wildman–Crippen MR) is 114 cm³/mol. The minimum absolute atomic E-state index is 0.191. The summed E-state index contributed by atoms with van der Waals surface area (Å²) in [6.07, 6.45) is 3.87. The number of amides is 1. The Hall–Kier alpha value is -2.29. The van der Waals surface area contributed by atoms with E-state index in [0.717, 1.165) is 26.1 Å². The molecule has 3 rings (SSSR count). The van der Waals surface area contributed by atoms with Gasteiger partial charge in [0.25, 0.3) is 5.91 Å². The Labute approximate surface area is 178 Å². The highest BCUT2D eigenvalue weighted by atomic mass is 16.5. The van der Waals surface area contributed by atoms with Crippen molar-refractivity contribution in [2.75, 3.05) is 26.2 Å². The molecule has 0 aliphatic carbocycles. The second-order valence-corrected chi connectivity index (χ2v) is 8.32. The van der Waals surface area contributed by atoms with Crippen molar-refractivity contribution in [1.29, 1.82) is 0 Å². The molecule has 8 heteroatoms. The van der Waals surface area contributed by atoms with Crippen molar-refractivity contribution in [3.05, 3.63) is 47.8 Å². The van der Waals surface area contributed by atoms with Gasteiger partial charge in [0.15, 0.2) is 5.69 Å². The third-order valence-electron chi connectivity index (χ3n) is 5.32. The molecule has 0 spiro atoms. The van der Waals surface area contributed by atoms with Crippen molar-refractivity contribution in [3.63, 3.8) is 0 Å². The molecule has 0 radical (unpaired) electrons. The van der Waals surface area contributed by atoms with E-state index in [0.29, 0.717) is 32.5 Å². The summed E-state index contributed by atoms with van der Waals surface area (Å²) in [5.41, 5.74) is 0.721. The molecule has 0 bridgehead atoms. The molecule has 1 aromatic carbocycles. The van der Waals surface area contributed by atoms with E-state index >= 15 is 0 Å². The topological polar surface area (TPSA) is 92.5 Å². The van der Waals surface area contributed by atoms with Gasteiger partial charge in [-0.1, -0.05) is 35.5 Å². The molecule has 1 fully saturated rings. The second kappa shape index (κ2) is 10.7. The Morgan fingerprint density at radius 1 is 1.27 bits per heavy atom. The van der Waals surface area contributed by atoms with Crippen LogP contribution in [-0.2, 0) is 17.8 Å². The Bertz CT molecular complexity index is 785. The summed E-state index contributed by atoms with van der Waals surface area (Å²) in [5.74, 6) is -0.254. The van der Waals surface area contributed by atoms with Crippen LogP contribution in [-0.4, -0.2) is 68.9 Å². The number of carbonyl (C=O) groups is 1. The van der Waals surface area contributed by atoms with Crippen molar-refractivity contribution in [2.24, 2.45) is 0 Å². The van der Waals surface area contributed by atoms with Gasteiger partial charge in [-0.05, 0) is 38.7 Å². The van der Waals surface area contributed by atoms with Gasteiger partial charge in [0, 0.05) is 32.8 Å². The van der Waals surface area contributed by atoms with Crippen molar-refractivity contribution in [2.45, 2.75) is 57.9 Å². The number of rotatable bonds is 10. The Kier molecular flexibility index (Phi) is 7.95. The summed E-state index contributed by atoms with van der Waals surface area (Å²) >= 11 is 0. The number of hydrogen-bond acceptors (Lipinski definition) is 6. The second-order valence-electron chi connectivity index (χ2n) is 8.32. The van der Waals surface area contributed by atoms with Crippen LogP contribution >= 0.6 is 0 Å². The molecule has 1 aromatic heterocycles. The van der Waals surface area contributed by atoms with Crippen LogP contribution in [0.5, 0.6) is 0 Å². The normalized spacial score (nSPS) is 16.7. The summed E-state index contributed by atoms with van der Waals surface area (Å²) < 4.78 is 7.03. The maximum Gasteiger partial charge on any atom is 0.273 e. The lowest BCUT2D eigenvalue weighted by atomic mass is 9.91. The van der Waals surface area contributed by atoms with Gasteiger partial charge >= 0.3 is 0 Å². The van der Waals surface area contributed by atoms with Crippen LogP contribution in [0.25, 0.3) is 0 Å². The molecule has 1 aliphatic rings. The Balaban J connectivity index is 1.42. The van der Waals surface area contributed by atoms with E-state index in [4.69, 9.17) is 4.74 Å². The fourth-order valence-electron chi connectivity index (χ4n) is 3.59. The van der Waals surface area contributed by atoms with Gasteiger partial charge in [-0.25, -0.2) is 4.68 Å². The van der Waals surface area contributed by atoms with E-state index in [1.54, 1.807) is 10.9 Å². The third kappa shape index (κ3) is 6.90. The molecule has 30 heavy (non-hydrogen) atoms. The third-order valence-corrected chi connectivity index (χ3v) is 5.32. The number of nitrogens with zero attached hydrogens (tertiary/aromatic N) is 4. The molecule has 0 atom stereocenters. The van der Waals surface area contributed by atoms with Crippen LogP contribution in [0.15, 0.2) is 36.5 Å². The average molecular weight is 416 g/mol. The molecule has 2 heterocycles. The molecule has 1 aliphatic heterocycles. The van der Waals surface area contributed by atoms with E-state index in [1.165, 1.54) is 5.56 Å². The summed E-state index contributed by atoms with van der Waals surface area (Å²) in [4.78, 5) is 14.6. The molecular formula is C22H33N5O3. The highest BCUT2D eigenvalue weighted by Gasteiger charge is 2.33. The summed E-state index contributed by atoms with van der Waals surface area (Å²) in [7, 11) is 0. The van der Waals surface area contributed by atoms with Crippen molar-refractivity contribution in [3.8, 4) is 0 Å². The summed E-state index contributed by atoms with van der Waals surface area (Å²) in [6.45, 7) is 7.99. The van der Waals surface area contributed by atoms with Crippen LogP contribution in [0.2, 0.25) is 0 Å². The first kappa shape index (κ1) is 22.4. The van der Waals surface area contributed by atoms with Crippen molar-refractivity contribution in [1.82, 2.24) is 25.2 Å². The Morgan fingerprint density at radius 3 is 2.70 bits per heavy atom. The van der Waals surface area contributed by atoms with Crippen molar-refractivity contribution < 1.29 is 14.6 Å². The van der Waals surface area contributed by atoms with E-state index in [2.05, 4.69) is 32.7 Å². The largest absolute Gasteiger partial charge is 0.388 e. The van der Waals surface area contributed by atoms with Crippen LogP contribution in [0.1, 0.15) is 49.2 Å². The highest BCUT2D eigenvalue weighted by Crippen LogP contribution is 2.25. The van der Waals surface area contributed by atoms with E-state index in [1.807, 2.05) is 32.0 Å². The number of hydrogen-bond donors (Lipinski definition) is 2. The predicted octanol–water partition coefficient (Wildman–Crippen LogP) is 1.85. The molecule has 1 saturated heterocycles. The first-order chi connectivity index (χ1) is 14.4. The lowest BCUT2D eigenvalue weighted by molar-refractivity contribution is -0.0383. The number of benzene rings is 1. The zero-order valence-electron chi connectivity index (χ0n) is 18.0. The molecule has 2 N–H and O–H groups in total. The molecule has 1 amide bonds. The van der Waals surface area contributed by atoms with Gasteiger partial charge in [0.2, 0.25) is 0 Å². The van der Waals surface area contributed by atoms with Gasteiger partial charge in [0.05, 0.1) is 24.4 Å². The standard InChI is InChI=1S/C22H33N5O3/c1-18(2)30-14-6-11-23-21(28)20-16-27(25-24-20)17-22(29)9-12-26(13-10-22)15-19-7-4-3-5-8-19/h3-5,7-8,16,18,29H,6,9-15,17H2,1-2H3,(H,23,28). The van der Waals surface area contributed by atoms with Crippen LogP contribution < -0.4 is 5.32 Å². The summed E-state index contributed by atoms with van der Waals surface area (Å²) in [5, 5.41) is 21.8. The molecule has 0 saturated carbocycles. The number of aliphatic hydroxyl groups is 1. The van der Waals surface area contributed by atoms with E-state index in [9.17, 15) is 9.90 Å². The van der Waals surface area contributed by atoms with Gasteiger partial charge in [-0.3, -0.25) is 9.69 Å². The van der Waals surface area contributed by atoms with E-state index < -0.39 is 5.60 Å². The first-order valence-electron chi connectivity index (χ1n) is 10.7. The molecule has 2 aromatic rings. The molecule has 8 nitrogen and oxygen atoms in total. The highest BCUT2D eigenvalue weighted by molar-refractivity contribution is 5.91. The number of ether oxygens (including phenoxy) is 1. The van der Waals surface area contributed by atoms with Crippen LogP contribution in [0, 0.1) is 0 Å². The van der Waals surface area contributed by atoms with Gasteiger partial charge in [0.1, 0.15) is 0 Å². The molecule has 0 unspecified atom stereocenters. The fraction of sp³-hybridized carbons (Fsp3) is 0.591. The smallest absolute Gasteiger partial charge is 0.273 e. The zero-order chi connectivity index (χ0) is 21.4. The van der Waals surface area contributed by atoms with E-state index in [-0.39, 0.29) is 17.7 Å². The minimum atomic E-state index is -0.831. The van der Waals surface area contributed by atoms with Crippen LogP contribution in [0.3, 0.4) is 0 Å². The van der Waals surface area contributed by atoms with Gasteiger partial charge in [-0.15, -0.1) is 5.10 Å². The number of likely N-dealkylation sites (tertiary alicyclic amines) is 1. The van der Waals surface area contributed by atoms with Gasteiger partial charge < -0.3 is 15.2 Å². The SMILES string of the molecule is CC(C)OCCCNC(=O)c1cn(CC2(O)CCN(Cc3ccccc3)CC2)nn1. The fourth-order valence-corrected chi connectivity index (χ4v) is 3.59. The summed E-state index contributed by atoms with van der Waals surface area (Å²) in [6, 6.07) is 10.4. The average Bonchev–Trinajstić information content (AvgIpc) is 3.18. The first-order valence-corrected chi connectivity index (χ1v) is 10.7. The van der Waals surface area contributed by atoms with Crippen LogP contribution in [0.4, 0.5) is 0 Å². The van der Waals surface area contributed by atoms with Gasteiger partial charge in [-0.2, -0.15) is 0 Å². The quantitative estimate of drug-likeness (QED) is 0.576. The minimum Gasteiger partial charge on any atom is -0.388 e. The maximum atomic E-state index is 12.2. The number of aromatic nitrogens is 3.